The summed E-state index contributed by atoms with van der Waals surface area (Å²) < 4.78 is 5.21. The number of halogens is 1. The van der Waals surface area contributed by atoms with Crippen LogP contribution in [0.4, 0.5) is 0 Å². The Morgan fingerprint density at radius 1 is 1.43 bits per heavy atom. The molecule has 1 rings (SSSR count). The van der Waals surface area contributed by atoms with Crippen molar-refractivity contribution >= 4 is 17.6 Å². The predicted molar refractivity (Wildman–Crippen MR) is 57.2 cm³/mol. The van der Waals surface area contributed by atoms with Crippen LogP contribution in [0.3, 0.4) is 0 Å². The highest BCUT2D eigenvalue weighted by molar-refractivity contribution is 6.26. The second-order valence-electron chi connectivity index (χ2n) is 3.59. The highest BCUT2D eigenvalue weighted by Crippen LogP contribution is 2.28. The van der Waals surface area contributed by atoms with Gasteiger partial charge in [-0.1, -0.05) is 13.3 Å². The molecule has 14 heavy (non-hydrogen) atoms. The topological polar surface area (TPSA) is 26.3 Å². The van der Waals surface area contributed by atoms with Crippen molar-refractivity contribution in [3.63, 3.8) is 0 Å². The van der Waals surface area contributed by atoms with Crippen LogP contribution in [-0.2, 0) is 9.53 Å². The molecule has 0 radical (unpaired) electrons. The number of hydrogen-bond donors (Lipinski definition) is 0. The third kappa shape index (κ3) is 3.33. The van der Waals surface area contributed by atoms with Gasteiger partial charge in [0.2, 0.25) is 0 Å². The van der Waals surface area contributed by atoms with Crippen molar-refractivity contribution in [2.45, 2.75) is 45.4 Å². The molecule has 0 saturated heterocycles. The molecule has 0 atom stereocenters. The maximum Gasteiger partial charge on any atom is 0.325 e. The summed E-state index contributed by atoms with van der Waals surface area (Å²) in [7, 11) is 0. The molecule has 0 bridgehead atoms. The van der Waals surface area contributed by atoms with E-state index >= 15 is 0 Å². The Morgan fingerprint density at radius 3 is 2.79 bits per heavy atom. The molecule has 0 aromatic carbocycles. The number of esters is 1. The van der Waals surface area contributed by atoms with Crippen LogP contribution in [0.5, 0.6) is 0 Å². The van der Waals surface area contributed by atoms with Crippen molar-refractivity contribution in [2.75, 3.05) is 5.88 Å². The Labute approximate surface area is 90.3 Å². The molecule has 0 unspecified atom stereocenters. The third-order valence-electron chi connectivity index (χ3n) is 2.42. The van der Waals surface area contributed by atoms with Gasteiger partial charge in [-0.25, -0.2) is 0 Å². The fraction of sp³-hybridized carbons (Fsp3) is 0.727. The highest BCUT2D eigenvalue weighted by Gasteiger charge is 2.15. The lowest BCUT2D eigenvalue weighted by Crippen LogP contribution is -2.10. The van der Waals surface area contributed by atoms with Crippen molar-refractivity contribution in [2.24, 2.45) is 0 Å². The lowest BCUT2D eigenvalue weighted by molar-refractivity contribution is -0.137. The number of carbonyl (C=O) groups excluding carboxylic acids is 1. The van der Waals surface area contributed by atoms with E-state index in [1.165, 1.54) is 12.0 Å². The molecular weight excluding hydrogens is 200 g/mol. The smallest absolute Gasteiger partial charge is 0.325 e. The number of carbonyl (C=O) groups is 1. The van der Waals surface area contributed by atoms with E-state index in [4.69, 9.17) is 16.3 Å². The van der Waals surface area contributed by atoms with E-state index in [2.05, 4.69) is 6.92 Å². The second kappa shape index (κ2) is 6.07. The van der Waals surface area contributed by atoms with Gasteiger partial charge in [-0.05, 0) is 31.3 Å². The normalized spacial score (nSPS) is 17.0. The van der Waals surface area contributed by atoms with Gasteiger partial charge in [0.1, 0.15) is 11.6 Å². The average Bonchev–Trinajstić information content (AvgIpc) is 2.21. The van der Waals surface area contributed by atoms with E-state index in [-0.39, 0.29) is 11.8 Å². The summed E-state index contributed by atoms with van der Waals surface area (Å²) >= 11 is 5.40. The van der Waals surface area contributed by atoms with Crippen molar-refractivity contribution in [1.29, 1.82) is 0 Å². The van der Waals surface area contributed by atoms with E-state index in [1.807, 2.05) is 0 Å². The molecule has 0 N–H and O–H groups in total. The van der Waals surface area contributed by atoms with Crippen LogP contribution >= 0.6 is 11.6 Å². The largest absolute Gasteiger partial charge is 0.430 e. The first-order valence-electron chi connectivity index (χ1n) is 5.25. The fourth-order valence-corrected chi connectivity index (χ4v) is 1.85. The van der Waals surface area contributed by atoms with Gasteiger partial charge in [-0.2, -0.15) is 0 Å². The Kier molecular flexibility index (Phi) is 5.02. The minimum Gasteiger partial charge on any atom is -0.430 e. The first-order valence-corrected chi connectivity index (χ1v) is 5.79. The lowest BCUT2D eigenvalue weighted by Gasteiger charge is -2.19. The van der Waals surface area contributed by atoms with Crippen LogP contribution in [0.2, 0.25) is 0 Å². The first-order chi connectivity index (χ1) is 6.77. The molecule has 0 amide bonds. The molecule has 0 fully saturated rings. The Morgan fingerprint density at radius 2 is 2.14 bits per heavy atom. The Balaban J connectivity index is 2.62. The molecule has 0 saturated carbocycles. The van der Waals surface area contributed by atoms with Crippen molar-refractivity contribution in [3.05, 3.63) is 11.3 Å². The van der Waals surface area contributed by atoms with Gasteiger partial charge in [0.15, 0.2) is 0 Å². The first kappa shape index (κ1) is 11.6. The summed E-state index contributed by atoms with van der Waals surface area (Å²) in [6.45, 7) is 2.14. The van der Waals surface area contributed by atoms with Gasteiger partial charge in [-0.3, -0.25) is 4.79 Å². The standard InChI is InChI=1S/C11H17ClO2/c1-2-5-9-6-3-4-7-10(9)14-11(13)8-12/h2-8H2,1H3. The molecule has 2 nitrogen and oxygen atoms in total. The zero-order valence-electron chi connectivity index (χ0n) is 8.64. The van der Waals surface area contributed by atoms with Crippen LogP contribution in [0.15, 0.2) is 11.3 Å². The van der Waals surface area contributed by atoms with E-state index in [9.17, 15) is 4.79 Å². The van der Waals surface area contributed by atoms with Gasteiger partial charge < -0.3 is 4.74 Å². The Bertz CT molecular complexity index is 233. The monoisotopic (exact) mass is 216 g/mol. The van der Waals surface area contributed by atoms with Crippen LogP contribution in [-0.4, -0.2) is 11.8 Å². The SMILES string of the molecule is CCCC1=C(OC(=O)CCl)CCCC1. The molecule has 0 aliphatic heterocycles. The quantitative estimate of drug-likeness (QED) is 0.532. The molecule has 1 aliphatic carbocycles. The summed E-state index contributed by atoms with van der Waals surface area (Å²) in [4.78, 5) is 11.0. The van der Waals surface area contributed by atoms with E-state index in [1.54, 1.807) is 0 Å². The summed E-state index contributed by atoms with van der Waals surface area (Å²) in [6, 6.07) is 0. The number of rotatable bonds is 4. The molecule has 0 heterocycles. The van der Waals surface area contributed by atoms with Gasteiger partial charge in [0, 0.05) is 6.42 Å². The van der Waals surface area contributed by atoms with Crippen LogP contribution < -0.4 is 0 Å². The third-order valence-corrected chi connectivity index (χ3v) is 2.64. The van der Waals surface area contributed by atoms with Crippen LogP contribution in [0, 0.1) is 0 Å². The van der Waals surface area contributed by atoms with E-state index in [0.29, 0.717) is 0 Å². The van der Waals surface area contributed by atoms with Crippen molar-refractivity contribution < 1.29 is 9.53 Å². The van der Waals surface area contributed by atoms with Crippen molar-refractivity contribution in [3.8, 4) is 0 Å². The second-order valence-corrected chi connectivity index (χ2v) is 3.86. The zero-order chi connectivity index (χ0) is 10.4. The molecule has 3 heteroatoms. The number of hydrogen-bond acceptors (Lipinski definition) is 2. The fourth-order valence-electron chi connectivity index (χ4n) is 1.79. The Hall–Kier alpha value is -0.500. The highest BCUT2D eigenvalue weighted by atomic mass is 35.5. The predicted octanol–water partition coefficient (Wildman–Crippen LogP) is 3.40. The van der Waals surface area contributed by atoms with Gasteiger partial charge in [-0.15, -0.1) is 11.6 Å². The van der Waals surface area contributed by atoms with Crippen LogP contribution in [0.1, 0.15) is 45.4 Å². The zero-order valence-corrected chi connectivity index (χ0v) is 9.40. The minimum absolute atomic E-state index is 0.0527. The summed E-state index contributed by atoms with van der Waals surface area (Å²) in [5, 5.41) is 0. The van der Waals surface area contributed by atoms with E-state index < -0.39 is 0 Å². The van der Waals surface area contributed by atoms with Crippen LogP contribution in [0.25, 0.3) is 0 Å². The molecule has 1 aliphatic rings. The number of alkyl halides is 1. The average molecular weight is 217 g/mol. The molecule has 0 aromatic heterocycles. The molecular formula is C11H17ClO2. The number of allylic oxidation sites excluding steroid dienone is 2. The minimum atomic E-state index is -0.322. The maximum atomic E-state index is 11.0. The van der Waals surface area contributed by atoms with Gasteiger partial charge >= 0.3 is 5.97 Å². The summed E-state index contributed by atoms with van der Waals surface area (Å²) in [5.41, 5.74) is 1.32. The van der Waals surface area contributed by atoms with Gasteiger partial charge in [0.05, 0.1) is 0 Å². The maximum absolute atomic E-state index is 11.0. The number of ether oxygens (including phenoxy) is 1. The molecule has 0 aromatic rings. The lowest BCUT2D eigenvalue weighted by atomic mass is 9.94. The van der Waals surface area contributed by atoms with Gasteiger partial charge in [0.25, 0.3) is 0 Å². The summed E-state index contributed by atoms with van der Waals surface area (Å²) in [5.74, 6) is 0.518. The van der Waals surface area contributed by atoms with Crippen molar-refractivity contribution in [1.82, 2.24) is 0 Å². The summed E-state index contributed by atoms with van der Waals surface area (Å²) in [6.07, 6.45) is 6.48. The molecule has 80 valence electrons. The van der Waals surface area contributed by atoms with E-state index in [0.717, 1.165) is 37.9 Å². The molecule has 0 spiro atoms.